The Balaban J connectivity index is 2.47. The third-order valence-electron chi connectivity index (χ3n) is 2.96. The highest BCUT2D eigenvalue weighted by atomic mass is 79.9. The molecule has 0 spiro atoms. The lowest BCUT2D eigenvalue weighted by Crippen LogP contribution is -2.27. The number of allylic oxidation sites excluding steroid dienone is 1. The van der Waals surface area contributed by atoms with Crippen molar-refractivity contribution in [3.05, 3.63) is 46.1 Å². The van der Waals surface area contributed by atoms with Crippen molar-refractivity contribution >= 4 is 27.8 Å². The fourth-order valence-electron chi connectivity index (χ4n) is 2.00. The fourth-order valence-corrected chi connectivity index (χ4v) is 2.38. The molecular formula is C15H13BrF2O3. The Morgan fingerprint density at radius 2 is 2.10 bits per heavy atom. The number of alkyl halides is 2. The summed E-state index contributed by atoms with van der Waals surface area (Å²) in [6.07, 6.45) is 1.45. The van der Waals surface area contributed by atoms with E-state index in [-0.39, 0.29) is 22.9 Å². The Bertz CT molecular complexity index is 636. The molecule has 0 unspecified atom stereocenters. The summed E-state index contributed by atoms with van der Waals surface area (Å²) >= 11 is 3.25. The van der Waals surface area contributed by atoms with E-state index in [4.69, 9.17) is 4.74 Å². The number of halogens is 3. The lowest BCUT2D eigenvalue weighted by atomic mass is 9.98. The Hall–Kier alpha value is -1.69. The molecule has 1 saturated heterocycles. The average molecular weight is 359 g/mol. The van der Waals surface area contributed by atoms with E-state index in [2.05, 4.69) is 27.2 Å². The van der Waals surface area contributed by atoms with Crippen molar-refractivity contribution < 1.29 is 23.0 Å². The Morgan fingerprint density at radius 1 is 1.43 bits per heavy atom. The molecule has 1 heterocycles. The maximum atomic E-state index is 12.4. The summed E-state index contributed by atoms with van der Waals surface area (Å²) in [6, 6.07) is 4.55. The molecule has 0 amide bonds. The first-order valence-corrected chi connectivity index (χ1v) is 6.89. The molecule has 0 aromatic heterocycles. The first kappa shape index (κ1) is 15.7. The van der Waals surface area contributed by atoms with E-state index >= 15 is 0 Å². The molecule has 1 aliphatic heterocycles. The van der Waals surface area contributed by atoms with Crippen molar-refractivity contribution in [3.63, 3.8) is 0 Å². The van der Waals surface area contributed by atoms with E-state index in [1.165, 1.54) is 12.1 Å². The second-order valence-corrected chi connectivity index (χ2v) is 5.90. The highest BCUT2D eigenvalue weighted by Crippen LogP contribution is 2.36. The van der Waals surface area contributed by atoms with Gasteiger partial charge < -0.3 is 9.47 Å². The molecule has 1 fully saturated rings. The highest BCUT2D eigenvalue weighted by Gasteiger charge is 2.41. The van der Waals surface area contributed by atoms with Crippen molar-refractivity contribution in [1.82, 2.24) is 0 Å². The minimum absolute atomic E-state index is 0.0222. The standard InChI is InChI=1S/C15H13BrF2O3/c1-8-11(13(19)15(2,3)21-8)7-9-6-10(16)4-5-12(9)20-14(17)18/h4-7,14H,1H2,2-3H3. The molecule has 0 saturated carbocycles. The Kier molecular flexibility index (Phi) is 4.18. The van der Waals surface area contributed by atoms with Crippen LogP contribution in [0.4, 0.5) is 8.78 Å². The molecule has 1 aromatic carbocycles. The number of Topliss-reactive ketones (excluding diaryl/α,β-unsaturated/α-hetero) is 1. The van der Waals surface area contributed by atoms with Crippen molar-refractivity contribution in [2.45, 2.75) is 26.1 Å². The first-order valence-electron chi connectivity index (χ1n) is 6.10. The quantitative estimate of drug-likeness (QED) is 0.754. The minimum Gasteiger partial charge on any atom is -0.480 e. The van der Waals surface area contributed by atoms with Gasteiger partial charge in [-0.2, -0.15) is 8.78 Å². The lowest BCUT2D eigenvalue weighted by Gasteiger charge is -2.13. The van der Waals surface area contributed by atoms with Crippen LogP contribution >= 0.6 is 15.9 Å². The SMILES string of the molecule is C=C1OC(C)(C)C(=O)C1=Cc1cc(Br)ccc1OC(F)F. The van der Waals surface area contributed by atoms with Crippen LogP contribution in [-0.4, -0.2) is 18.0 Å². The van der Waals surface area contributed by atoms with Gasteiger partial charge in [-0.3, -0.25) is 4.79 Å². The van der Waals surface area contributed by atoms with Crippen LogP contribution in [0.25, 0.3) is 6.08 Å². The largest absolute Gasteiger partial charge is 0.480 e. The molecule has 0 N–H and O–H groups in total. The number of hydrogen-bond acceptors (Lipinski definition) is 3. The molecule has 2 rings (SSSR count). The second-order valence-electron chi connectivity index (χ2n) is 4.98. The van der Waals surface area contributed by atoms with Crippen LogP contribution in [-0.2, 0) is 9.53 Å². The van der Waals surface area contributed by atoms with Crippen LogP contribution in [0.2, 0.25) is 0 Å². The molecule has 0 atom stereocenters. The van der Waals surface area contributed by atoms with Gasteiger partial charge in [0.05, 0.1) is 5.57 Å². The number of rotatable bonds is 3. The minimum atomic E-state index is -2.95. The molecule has 0 radical (unpaired) electrons. The molecule has 6 heteroatoms. The number of ether oxygens (including phenoxy) is 2. The summed E-state index contributed by atoms with van der Waals surface area (Å²) in [4.78, 5) is 12.2. The van der Waals surface area contributed by atoms with Gasteiger partial charge in [-0.25, -0.2) is 0 Å². The van der Waals surface area contributed by atoms with Gasteiger partial charge in [0, 0.05) is 10.0 Å². The van der Waals surface area contributed by atoms with Gasteiger partial charge in [0.2, 0.25) is 5.78 Å². The molecule has 112 valence electrons. The van der Waals surface area contributed by atoms with Crippen LogP contribution in [0.15, 0.2) is 40.6 Å². The summed E-state index contributed by atoms with van der Waals surface area (Å²) < 4.78 is 35.4. The van der Waals surface area contributed by atoms with Crippen molar-refractivity contribution in [3.8, 4) is 5.75 Å². The third kappa shape index (κ3) is 3.32. The van der Waals surface area contributed by atoms with Crippen molar-refractivity contribution in [2.24, 2.45) is 0 Å². The van der Waals surface area contributed by atoms with E-state index in [9.17, 15) is 13.6 Å². The monoisotopic (exact) mass is 358 g/mol. The van der Waals surface area contributed by atoms with Gasteiger partial charge in [0.25, 0.3) is 0 Å². The fraction of sp³-hybridized carbons (Fsp3) is 0.267. The highest BCUT2D eigenvalue weighted by molar-refractivity contribution is 9.10. The van der Waals surface area contributed by atoms with Gasteiger partial charge >= 0.3 is 6.61 Å². The number of carbonyl (C=O) groups is 1. The lowest BCUT2D eigenvalue weighted by molar-refractivity contribution is -0.125. The third-order valence-corrected chi connectivity index (χ3v) is 3.45. The van der Waals surface area contributed by atoms with E-state index < -0.39 is 12.2 Å². The summed E-state index contributed by atoms with van der Waals surface area (Å²) in [5.74, 6) is -0.0607. The molecule has 0 bridgehead atoms. The topological polar surface area (TPSA) is 35.5 Å². The molecule has 3 nitrogen and oxygen atoms in total. The predicted molar refractivity (Wildman–Crippen MR) is 78.1 cm³/mol. The number of ketones is 1. The second kappa shape index (κ2) is 5.60. The van der Waals surface area contributed by atoms with Crippen LogP contribution in [0.5, 0.6) is 5.75 Å². The van der Waals surface area contributed by atoms with Crippen molar-refractivity contribution in [2.75, 3.05) is 0 Å². The summed E-state index contributed by atoms with van der Waals surface area (Å²) in [5, 5.41) is 0. The van der Waals surface area contributed by atoms with Crippen LogP contribution in [0.3, 0.4) is 0 Å². The van der Waals surface area contributed by atoms with E-state index in [1.54, 1.807) is 26.0 Å². The number of hydrogen-bond donors (Lipinski definition) is 0. The molecule has 0 aliphatic carbocycles. The van der Waals surface area contributed by atoms with E-state index in [0.29, 0.717) is 10.0 Å². The summed E-state index contributed by atoms with van der Waals surface area (Å²) in [6.45, 7) is 3.98. The maximum Gasteiger partial charge on any atom is 0.387 e. The number of carbonyl (C=O) groups excluding carboxylic acids is 1. The van der Waals surface area contributed by atoms with Gasteiger partial charge in [0.1, 0.15) is 11.5 Å². The first-order chi connectivity index (χ1) is 9.70. The zero-order valence-electron chi connectivity index (χ0n) is 11.5. The van der Waals surface area contributed by atoms with E-state index in [0.717, 1.165) is 0 Å². The van der Waals surface area contributed by atoms with Crippen LogP contribution in [0.1, 0.15) is 19.4 Å². The van der Waals surface area contributed by atoms with Gasteiger partial charge in [-0.1, -0.05) is 22.5 Å². The predicted octanol–water partition coefficient (Wildman–Crippen LogP) is 4.33. The van der Waals surface area contributed by atoms with Gasteiger partial charge in [-0.15, -0.1) is 0 Å². The summed E-state index contributed by atoms with van der Waals surface area (Å²) in [7, 11) is 0. The molecule has 1 aliphatic rings. The molecular weight excluding hydrogens is 346 g/mol. The smallest absolute Gasteiger partial charge is 0.387 e. The summed E-state index contributed by atoms with van der Waals surface area (Å²) in [5.41, 5.74) is -0.411. The normalized spacial score (nSPS) is 19.2. The van der Waals surface area contributed by atoms with Gasteiger partial charge in [-0.05, 0) is 38.1 Å². The Morgan fingerprint density at radius 3 is 2.62 bits per heavy atom. The van der Waals surface area contributed by atoms with Gasteiger partial charge in [0.15, 0.2) is 5.60 Å². The Labute approximate surface area is 129 Å². The van der Waals surface area contributed by atoms with Crippen LogP contribution < -0.4 is 4.74 Å². The molecule has 21 heavy (non-hydrogen) atoms. The zero-order chi connectivity index (χ0) is 15.8. The molecule has 1 aromatic rings. The van der Waals surface area contributed by atoms with Crippen molar-refractivity contribution in [1.29, 1.82) is 0 Å². The number of benzene rings is 1. The maximum absolute atomic E-state index is 12.4. The van der Waals surface area contributed by atoms with E-state index in [1.807, 2.05) is 0 Å². The van der Waals surface area contributed by atoms with Crippen LogP contribution in [0, 0.1) is 0 Å². The average Bonchev–Trinajstić information content (AvgIpc) is 2.54. The zero-order valence-corrected chi connectivity index (χ0v) is 13.0.